The number of esters is 1. The SMILES string of the molecule is COC(=O)c1cc(C=CCN)c[nH]1. The smallest absolute Gasteiger partial charge is 0.354 e. The highest BCUT2D eigenvalue weighted by Crippen LogP contribution is 2.06. The lowest BCUT2D eigenvalue weighted by Gasteiger charge is -1.91. The van der Waals surface area contributed by atoms with Crippen LogP contribution in [0.5, 0.6) is 0 Å². The van der Waals surface area contributed by atoms with E-state index in [2.05, 4.69) is 9.72 Å². The molecule has 0 bridgehead atoms. The fraction of sp³-hybridized carbons (Fsp3) is 0.222. The van der Waals surface area contributed by atoms with Crippen LogP contribution in [0.1, 0.15) is 16.1 Å². The maximum absolute atomic E-state index is 11.0. The number of ether oxygens (including phenoxy) is 1. The van der Waals surface area contributed by atoms with Gasteiger partial charge in [0.1, 0.15) is 5.69 Å². The summed E-state index contributed by atoms with van der Waals surface area (Å²) in [6, 6.07) is 1.71. The van der Waals surface area contributed by atoms with E-state index in [9.17, 15) is 4.79 Å². The van der Waals surface area contributed by atoms with Gasteiger partial charge in [0.2, 0.25) is 0 Å². The van der Waals surface area contributed by atoms with Crippen LogP contribution in [0.4, 0.5) is 0 Å². The summed E-state index contributed by atoms with van der Waals surface area (Å²) in [5.74, 6) is -0.368. The first-order valence-corrected chi connectivity index (χ1v) is 3.91. The lowest BCUT2D eigenvalue weighted by atomic mass is 10.3. The molecule has 0 saturated heterocycles. The highest BCUT2D eigenvalue weighted by molar-refractivity contribution is 5.88. The molecule has 0 fully saturated rings. The number of nitrogens with one attached hydrogen (secondary N) is 1. The highest BCUT2D eigenvalue weighted by Gasteiger charge is 2.05. The summed E-state index contributed by atoms with van der Waals surface area (Å²) in [6.07, 6.45) is 5.37. The topological polar surface area (TPSA) is 68.1 Å². The first-order valence-electron chi connectivity index (χ1n) is 3.91. The average molecular weight is 180 g/mol. The van der Waals surface area contributed by atoms with E-state index in [4.69, 9.17) is 5.73 Å². The molecule has 0 radical (unpaired) electrons. The van der Waals surface area contributed by atoms with Crippen LogP contribution in [0.15, 0.2) is 18.3 Å². The van der Waals surface area contributed by atoms with Crippen LogP contribution < -0.4 is 5.73 Å². The van der Waals surface area contributed by atoms with Gasteiger partial charge < -0.3 is 15.5 Å². The van der Waals surface area contributed by atoms with Crippen molar-refractivity contribution in [1.82, 2.24) is 4.98 Å². The Kier molecular flexibility index (Phi) is 3.28. The van der Waals surface area contributed by atoms with Crippen LogP contribution in [0.3, 0.4) is 0 Å². The molecule has 3 N–H and O–H groups in total. The summed E-state index contributed by atoms with van der Waals surface area (Å²) in [7, 11) is 1.35. The van der Waals surface area contributed by atoms with Gasteiger partial charge in [0.25, 0.3) is 0 Å². The number of rotatable bonds is 3. The minimum Gasteiger partial charge on any atom is -0.464 e. The average Bonchev–Trinajstić information content (AvgIpc) is 2.62. The van der Waals surface area contributed by atoms with Crippen LogP contribution in [-0.2, 0) is 4.74 Å². The summed E-state index contributed by atoms with van der Waals surface area (Å²) in [5.41, 5.74) is 6.63. The molecule has 0 saturated carbocycles. The minimum absolute atomic E-state index is 0.368. The molecule has 1 aromatic heterocycles. The van der Waals surface area contributed by atoms with Crippen molar-refractivity contribution in [2.75, 3.05) is 13.7 Å². The number of H-pyrrole nitrogens is 1. The van der Waals surface area contributed by atoms with E-state index in [0.29, 0.717) is 12.2 Å². The van der Waals surface area contributed by atoms with Gasteiger partial charge in [0, 0.05) is 12.7 Å². The molecule has 70 valence electrons. The van der Waals surface area contributed by atoms with Gasteiger partial charge in [0.05, 0.1) is 7.11 Å². The van der Waals surface area contributed by atoms with Gasteiger partial charge in [-0.25, -0.2) is 4.79 Å². The Morgan fingerprint density at radius 3 is 3.15 bits per heavy atom. The van der Waals surface area contributed by atoms with Crippen LogP contribution in [0, 0.1) is 0 Å². The van der Waals surface area contributed by atoms with Gasteiger partial charge >= 0.3 is 5.97 Å². The molecule has 0 amide bonds. The van der Waals surface area contributed by atoms with Crippen molar-refractivity contribution in [3.63, 3.8) is 0 Å². The van der Waals surface area contributed by atoms with Crippen molar-refractivity contribution in [3.05, 3.63) is 29.6 Å². The quantitative estimate of drug-likeness (QED) is 0.675. The minimum atomic E-state index is -0.368. The lowest BCUT2D eigenvalue weighted by Crippen LogP contribution is -2.00. The van der Waals surface area contributed by atoms with Crippen molar-refractivity contribution >= 4 is 12.0 Å². The second kappa shape index (κ2) is 4.47. The largest absolute Gasteiger partial charge is 0.464 e. The molecule has 0 aliphatic heterocycles. The van der Waals surface area contributed by atoms with Gasteiger partial charge in [-0.1, -0.05) is 12.2 Å². The van der Waals surface area contributed by atoms with E-state index >= 15 is 0 Å². The molecule has 4 nitrogen and oxygen atoms in total. The number of carbonyl (C=O) groups is 1. The molecule has 0 spiro atoms. The maximum Gasteiger partial charge on any atom is 0.354 e. The van der Waals surface area contributed by atoms with Crippen LogP contribution in [0.2, 0.25) is 0 Å². The van der Waals surface area contributed by atoms with E-state index in [0.717, 1.165) is 5.56 Å². The van der Waals surface area contributed by atoms with Crippen molar-refractivity contribution < 1.29 is 9.53 Å². The van der Waals surface area contributed by atoms with E-state index in [1.54, 1.807) is 12.3 Å². The molecule has 1 heterocycles. The molecule has 0 unspecified atom stereocenters. The Bertz CT molecular complexity index is 315. The van der Waals surface area contributed by atoms with Crippen molar-refractivity contribution in [2.24, 2.45) is 5.73 Å². The first kappa shape index (κ1) is 9.54. The highest BCUT2D eigenvalue weighted by atomic mass is 16.5. The molecule has 0 atom stereocenters. The number of carbonyl (C=O) groups excluding carboxylic acids is 1. The third kappa shape index (κ3) is 2.45. The van der Waals surface area contributed by atoms with E-state index < -0.39 is 0 Å². The fourth-order valence-corrected chi connectivity index (χ4v) is 0.939. The van der Waals surface area contributed by atoms with Gasteiger partial charge in [-0.05, 0) is 11.6 Å². The Morgan fingerprint density at radius 1 is 1.77 bits per heavy atom. The predicted molar refractivity (Wildman–Crippen MR) is 50.2 cm³/mol. The van der Waals surface area contributed by atoms with E-state index in [-0.39, 0.29) is 5.97 Å². The Balaban J connectivity index is 2.74. The fourth-order valence-electron chi connectivity index (χ4n) is 0.939. The lowest BCUT2D eigenvalue weighted by molar-refractivity contribution is 0.0595. The number of aromatic nitrogens is 1. The van der Waals surface area contributed by atoms with Crippen LogP contribution in [0.25, 0.3) is 6.08 Å². The second-order valence-electron chi connectivity index (χ2n) is 2.48. The zero-order valence-corrected chi connectivity index (χ0v) is 7.41. The second-order valence-corrected chi connectivity index (χ2v) is 2.48. The Labute approximate surface area is 76.4 Å². The Hall–Kier alpha value is -1.55. The zero-order valence-electron chi connectivity index (χ0n) is 7.41. The molecular formula is C9H12N2O2. The Morgan fingerprint density at radius 2 is 2.54 bits per heavy atom. The van der Waals surface area contributed by atoms with Crippen LogP contribution in [-0.4, -0.2) is 24.6 Å². The molecular weight excluding hydrogens is 168 g/mol. The summed E-state index contributed by atoms with van der Waals surface area (Å²) < 4.78 is 4.54. The summed E-state index contributed by atoms with van der Waals surface area (Å²) >= 11 is 0. The predicted octanol–water partition coefficient (Wildman–Crippen LogP) is 0.773. The molecule has 13 heavy (non-hydrogen) atoms. The molecule has 1 aromatic rings. The van der Waals surface area contributed by atoms with Crippen molar-refractivity contribution in [2.45, 2.75) is 0 Å². The molecule has 1 rings (SSSR count). The third-order valence-corrected chi connectivity index (χ3v) is 1.56. The number of methoxy groups -OCH3 is 1. The van der Waals surface area contributed by atoms with Gasteiger partial charge in [-0.15, -0.1) is 0 Å². The number of hydrogen-bond acceptors (Lipinski definition) is 3. The first-order chi connectivity index (χ1) is 6.27. The van der Waals surface area contributed by atoms with Gasteiger partial charge in [-0.3, -0.25) is 0 Å². The molecule has 4 heteroatoms. The molecule has 0 aromatic carbocycles. The zero-order chi connectivity index (χ0) is 9.68. The number of nitrogens with two attached hydrogens (primary N) is 1. The summed E-state index contributed by atoms with van der Waals surface area (Å²) in [4.78, 5) is 13.8. The third-order valence-electron chi connectivity index (χ3n) is 1.56. The maximum atomic E-state index is 11.0. The monoisotopic (exact) mass is 180 g/mol. The number of aromatic amines is 1. The van der Waals surface area contributed by atoms with Crippen LogP contribution >= 0.6 is 0 Å². The van der Waals surface area contributed by atoms with E-state index in [1.165, 1.54) is 7.11 Å². The summed E-state index contributed by atoms with van der Waals surface area (Å²) in [6.45, 7) is 0.485. The summed E-state index contributed by atoms with van der Waals surface area (Å²) in [5, 5.41) is 0. The van der Waals surface area contributed by atoms with Gasteiger partial charge in [-0.2, -0.15) is 0 Å². The normalized spacial score (nSPS) is 10.6. The van der Waals surface area contributed by atoms with Gasteiger partial charge in [0.15, 0.2) is 0 Å². The number of hydrogen-bond donors (Lipinski definition) is 2. The van der Waals surface area contributed by atoms with Crippen molar-refractivity contribution in [1.29, 1.82) is 0 Å². The van der Waals surface area contributed by atoms with E-state index in [1.807, 2.05) is 12.2 Å². The molecule has 0 aliphatic carbocycles. The van der Waals surface area contributed by atoms with Crippen molar-refractivity contribution in [3.8, 4) is 0 Å². The molecule has 0 aliphatic rings. The standard InChI is InChI=1S/C9H12N2O2/c1-13-9(12)8-5-7(6-11-8)3-2-4-10/h2-3,5-6,11H,4,10H2,1H3.